The number of hydrogen-bond acceptors (Lipinski definition) is 4. The van der Waals surface area contributed by atoms with Crippen LogP contribution in [0, 0.1) is 5.82 Å². The molecule has 0 aromatic heterocycles. The van der Waals surface area contributed by atoms with E-state index in [0.717, 1.165) is 77.5 Å². The van der Waals surface area contributed by atoms with Crippen molar-refractivity contribution in [3.63, 3.8) is 0 Å². The highest BCUT2D eigenvalue weighted by Crippen LogP contribution is 2.12. The standard InChI is InChI=1S/C18H27FN2O2/c19-17-4-1-3-16(13-17)14-21-7-2-6-20(9-10-21)8-5-18-15-22-11-12-23-18/h1,3-4,13,18H,2,5-12,14-15H2. The van der Waals surface area contributed by atoms with E-state index in [1.165, 1.54) is 6.07 Å². The topological polar surface area (TPSA) is 24.9 Å². The van der Waals surface area contributed by atoms with Gasteiger partial charge in [-0.15, -0.1) is 0 Å². The van der Waals surface area contributed by atoms with Gasteiger partial charge in [-0.1, -0.05) is 12.1 Å². The zero-order valence-electron chi connectivity index (χ0n) is 13.8. The van der Waals surface area contributed by atoms with Gasteiger partial charge in [-0.2, -0.15) is 0 Å². The Bertz CT molecular complexity index is 480. The van der Waals surface area contributed by atoms with Crippen LogP contribution in [-0.4, -0.2) is 68.4 Å². The first-order chi connectivity index (χ1) is 11.3. The van der Waals surface area contributed by atoms with Crippen molar-refractivity contribution < 1.29 is 13.9 Å². The highest BCUT2D eigenvalue weighted by Gasteiger charge is 2.18. The zero-order valence-corrected chi connectivity index (χ0v) is 13.8. The van der Waals surface area contributed by atoms with Gasteiger partial charge in [-0.05, 0) is 43.6 Å². The van der Waals surface area contributed by atoms with Gasteiger partial charge in [0, 0.05) is 26.2 Å². The van der Waals surface area contributed by atoms with Crippen LogP contribution in [0.25, 0.3) is 0 Å². The van der Waals surface area contributed by atoms with Crippen LogP contribution >= 0.6 is 0 Å². The first-order valence-corrected chi connectivity index (χ1v) is 8.68. The van der Waals surface area contributed by atoms with Gasteiger partial charge in [0.25, 0.3) is 0 Å². The van der Waals surface area contributed by atoms with Crippen molar-refractivity contribution in [2.24, 2.45) is 0 Å². The monoisotopic (exact) mass is 322 g/mol. The third-order valence-corrected chi connectivity index (χ3v) is 4.63. The summed E-state index contributed by atoms with van der Waals surface area (Å²) < 4.78 is 24.5. The van der Waals surface area contributed by atoms with Crippen molar-refractivity contribution in [2.75, 3.05) is 52.5 Å². The fraction of sp³-hybridized carbons (Fsp3) is 0.667. The molecule has 0 aliphatic carbocycles. The van der Waals surface area contributed by atoms with Crippen LogP contribution in [0.2, 0.25) is 0 Å². The Hall–Kier alpha value is -1.01. The molecular weight excluding hydrogens is 295 g/mol. The minimum Gasteiger partial charge on any atom is -0.376 e. The second-order valence-corrected chi connectivity index (χ2v) is 6.46. The van der Waals surface area contributed by atoms with Gasteiger partial charge in [0.2, 0.25) is 0 Å². The van der Waals surface area contributed by atoms with Gasteiger partial charge >= 0.3 is 0 Å². The molecule has 1 unspecified atom stereocenters. The Kier molecular flexibility index (Phi) is 6.39. The quantitative estimate of drug-likeness (QED) is 0.829. The van der Waals surface area contributed by atoms with E-state index in [0.29, 0.717) is 0 Å². The van der Waals surface area contributed by atoms with E-state index in [2.05, 4.69) is 9.80 Å². The molecule has 0 N–H and O–H groups in total. The first-order valence-electron chi connectivity index (χ1n) is 8.68. The molecule has 1 atom stereocenters. The second kappa shape index (κ2) is 8.73. The minimum absolute atomic E-state index is 0.145. The maximum Gasteiger partial charge on any atom is 0.123 e. The van der Waals surface area contributed by atoms with Gasteiger partial charge in [0.05, 0.1) is 25.9 Å². The minimum atomic E-state index is -0.145. The Morgan fingerprint density at radius 1 is 1.09 bits per heavy atom. The van der Waals surface area contributed by atoms with Crippen LogP contribution < -0.4 is 0 Å². The molecule has 128 valence electrons. The molecule has 2 heterocycles. The lowest BCUT2D eigenvalue weighted by Gasteiger charge is -2.26. The van der Waals surface area contributed by atoms with Crippen molar-refractivity contribution >= 4 is 0 Å². The molecule has 0 spiro atoms. The maximum atomic E-state index is 13.3. The zero-order chi connectivity index (χ0) is 15.9. The molecule has 2 aliphatic rings. The summed E-state index contributed by atoms with van der Waals surface area (Å²) in [5, 5.41) is 0. The molecule has 1 aromatic rings. The van der Waals surface area contributed by atoms with Crippen LogP contribution in [0.15, 0.2) is 24.3 Å². The van der Waals surface area contributed by atoms with Gasteiger partial charge in [0.1, 0.15) is 5.82 Å². The Morgan fingerprint density at radius 3 is 2.78 bits per heavy atom. The smallest absolute Gasteiger partial charge is 0.123 e. The van der Waals surface area contributed by atoms with E-state index in [1.54, 1.807) is 12.1 Å². The van der Waals surface area contributed by atoms with E-state index in [-0.39, 0.29) is 11.9 Å². The van der Waals surface area contributed by atoms with E-state index in [9.17, 15) is 4.39 Å². The van der Waals surface area contributed by atoms with E-state index in [1.807, 2.05) is 6.07 Å². The van der Waals surface area contributed by atoms with Crippen LogP contribution in [-0.2, 0) is 16.0 Å². The molecule has 0 radical (unpaired) electrons. The van der Waals surface area contributed by atoms with Gasteiger partial charge < -0.3 is 14.4 Å². The molecule has 2 fully saturated rings. The average Bonchev–Trinajstić information content (AvgIpc) is 2.79. The molecule has 2 aliphatic heterocycles. The molecule has 3 rings (SSSR count). The molecule has 5 heteroatoms. The Morgan fingerprint density at radius 2 is 1.96 bits per heavy atom. The van der Waals surface area contributed by atoms with Crippen molar-refractivity contribution in [3.05, 3.63) is 35.6 Å². The van der Waals surface area contributed by atoms with Crippen LogP contribution in [0.5, 0.6) is 0 Å². The lowest BCUT2D eigenvalue weighted by Crippen LogP contribution is -2.35. The molecule has 0 bridgehead atoms. The molecular formula is C18H27FN2O2. The highest BCUT2D eigenvalue weighted by atomic mass is 19.1. The number of ether oxygens (including phenoxy) is 2. The summed E-state index contributed by atoms with van der Waals surface area (Å²) in [4.78, 5) is 4.94. The summed E-state index contributed by atoms with van der Waals surface area (Å²) in [7, 11) is 0. The summed E-state index contributed by atoms with van der Waals surface area (Å²) in [6.07, 6.45) is 2.47. The number of nitrogens with zero attached hydrogens (tertiary/aromatic N) is 2. The second-order valence-electron chi connectivity index (χ2n) is 6.46. The Balaban J connectivity index is 1.41. The van der Waals surface area contributed by atoms with Crippen molar-refractivity contribution in [1.82, 2.24) is 9.80 Å². The van der Waals surface area contributed by atoms with Crippen LogP contribution in [0.1, 0.15) is 18.4 Å². The fourth-order valence-corrected chi connectivity index (χ4v) is 3.33. The number of halogens is 1. The lowest BCUT2D eigenvalue weighted by atomic mass is 10.2. The SMILES string of the molecule is Fc1cccc(CN2CCCN(CCC3COCCO3)CC2)c1. The predicted molar refractivity (Wildman–Crippen MR) is 87.9 cm³/mol. The summed E-state index contributed by atoms with van der Waals surface area (Å²) >= 11 is 0. The number of rotatable bonds is 5. The molecule has 2 saturated heterocycles. The fourth-order valence-electron chi connectivity index (χ4n) is 3.33. The largest absolute Gasteiger partial charge is 0.376 e. The summed E-state index contributed by atoms with van der Waals surface area (Å²) in [5.41, 5.74) is 1.06. The van der Waals surface area contributed by atoms with Crippen LogP contribution in [0.4, 0.5) is 4.39 Å². The summed E-state index contributed by atoms with van der Waals surface area (Å²) in [5.74, 6) is -0.145. The predicted octanol–water partition coefficient (Wildman–Crippen LogP) is 2.14. The molecule has 4 nitrogen and oxygen atoms in total. The van der Waals surface area contributed by atoms with Gasteiger partial charge in [-0.25, -0.2) is 4.39 Å². The van der Waals surface area contributed by atoms with E-state index in [4.69, 9.17) is 9.47 Å². The molecule has 0 saturated carbocycles. The van der Waals surface area contributed by atoms with Gasteiger partial charge in [0.15, 0.2) is 0 Å². The normalized spacial score (nSPS) is 24.5. The molecule has 23 heavy (non-hydrogen) atoms. The third-order valence-electron chi connectivity index (χ3n) is 4.63. The van der Waals surface area contributed by atoms with Crippen molar-refractivity contribution in [1.29, 1.82) is 0 Å². The first kappa shape index (κ1) is 16.8. The average molecular weight is 322 g/mol. The van der Waals surface area contributed by atoms with Crippen molar-refractivity contribution in [2.45, 2.75) is 25.5 Å². The third kappa shape index (κ3) is 5.53. The highest BCUT2D eigenvalue weighted by molar-refractivity contribution is 5.16. The van der Waals surface area contributed by atoms with Gasteiger partial charge in [-0.3, -0.25) is 4.90 Å². The van der Waals surface area contributed by atoms with Crippen molar-refractivity contribution in [3.8, 4) is 0 Å². The number of benzene rings is 1. The number of hydrogen-bond donors (Lipinski definition) is 0. The molecule has 0 amide bonds. The molecule has 1 aromatic carbocycles. The summed E-state index contributed by atoms with van der Waals surface area (Å²) in [6.45, 7) is 8.43. The van der Waals surface area contributed by atoms with Crippen LogP contribution in [0.3, 0.4) is 0 Å². The van der Waals surface area contributed by atoms with E-state index < -0.39 is 0 Å². The summed E-state index contributed by atoms with van der Waals surface area (Å²) in [6, 6.07) is 6.95. The Labute approximate surface area is 138 Å². The van der Waals surface area contributed by atoms with E-state index >= 15 is 0 Å². The lowest BCUT2D eigenvalue weighted by molar-refractivity contribution is -0.0926. The maximum absolute atomic E-state index is 13.3.